The number of benzene rings is 1. The molecule has 1 aliphatic carbocycles. The zero-order chi connectivity index (χ0) is 12.8. The largest absolute Gasteiger partial charge is 0.393 e. The summed E-state index contributed by atoms with van der Waals surface area (Å²) in [5.74, 6) is -1.82. The van der Waals surface area contributed by atoms with Gasteiger partial charge in [0.1, 0.15) is 0 Å². The molecule has 0 saturated heterocycles. The molecule has 1 aromatic carbocycles. The molecule has 0 fully saturated rings. The van der Waals surface area contributed by atoms with E-state index in [2.05, 4.69) is 0 Å². The van der Waals surface area contributed by atoms with Crippen molar-refractivity contribution in [3.63, 3.8) is 0 Å². The van der Waals surface area contributed by atoms with Crippen molar-refractivity contribution in [2.75, 3.05) is 6.26 Å². The molecule has 0 aliphatic heterocycles. The molecular weight excluding hydrogens is 253 g/mol. The molecular formula is C11H11F3O2S. The zero-order valence-electron chi connectivity index (χ0n) is 9.03. The van der Waals surface area contributed by atoms with Crippen molar-refractivity contribution in [2.45, 2.75) is 17.8 Å². The number of hydrogen-bond donors (Lipinski definition) is 0. The Balaban J connectivity index is 2.56. The lowest BCUT2D eigenvalue weighted by atomic mass is 10.1. The van der Waals surface area contributed by atoms with Gasteiger partial charge in [0.25, 0.3) is 0 Å². The van der Waals surface area contributed by atoms with Crippen molar-refractivity contribution < 1.29 is 21.6 Å². The number of hydrogen-bond acceptors (Lipinski definition) is 2. The minimum atomic E-state index is -4.49. The van der Waals surface area contributed by atoms with Crippen LogP contribution in [0.5, 0.6) is 0 Å². The molecule has 2 nitrogen and oxygen atoms in total. The van der Waals surface area contributed by atoms with Gasteiger partial charge < -0.3 is 0 Å². The topological polar surface area (TPSA) is 34.1 Å². The molecule has 2 atom stereocenters. The summed E-state index contributed by atoms with van der Waals surface area (Å²) in [5.41, 5.74) is 0.766. The molecule has 94 valence electrons. The molecule has 0 bridgehead atoms. The summed E-state index contributed by atoms with van der Waals surface area (Å²) >= 11 is 0. The van der Waals surface area contributed by atoms with Gasteiger partial charge in [-0.25, -0.2) is 8.42 Å². The molecule has 0 saturated carbocycles. The molecule has 6 heteroatoms. The van der Waals surface area contributed by atoms with Gasteiger partial charge in [0.15, 0.2) is 9.84 Å². The fraction of sp³-hybridized carbons (Fsp3) is 0.455. The first-order valence-electron chi connectivity index (χ1n) is 5.04. The number of sulfone groups is 1. The molecule has 1 aliphatic rings. The first-order valence-corrected chi connectivity index (χ1v) is 7.00. The summed E-state index contributed by atoms with van der Waals surface area (Å²) in [6.45, 7) is 0. The Hall–Kier alpha value is -1.04. The van der Waals surface area contributed by atoms with E-state index < -0.39 is 27.2 Å². The van der Waals surface area contributed by atoms with Crippen LogP contribution in [0.2, 0.25) is 0 Å². The predicted octanol–water partition coefficient (Wildman–Crippen LogP) is 2.51. The second-order valence-electron chi connectivity index (χ2n) is 4.30. The van der Waals surface area contributed by atoms with Crippen LogP contribution in [-0.4, -0.2) is 20.8 Å². The zero-order valence-corrected chi connectivity index (χ0v) is 9.85. The van der Waals surface area contributed by atoms with Crippen molar-refractivity contribution in [1.82, 2.24) is 0 Å². The van der Waals surface area contributed by atoms with Crippen LogP contribution >= 0.6 is 0 Å². The normalized spacial score (nSPS) is 24.7. The van der Waals surface area contributed by atoms with Crippen LogP contribution in [-0.2, 0) is 16.3 Å². The molecule has 1 aromatic rings. The SMILES string of the molecule is CS(=O)(=O)[C@@H]1c2ccccc2C[C@H]1C(F)(F)F. The maximum atomic E-state index is 12.8. The Bertz CT molecular complexity index is 534. The molecule has 2 rings (SSSR count). The predicted molar refractivity (Wildman–Crippen MR) is 57.3 cm³/mol. The maximum absolute atomic E-state index is 12.8. The Kier molecular flexibility index (Phi) is 2.72. The van der Waals surface area contributed by atoms with Crippen LogP contribution in [0.4, 0.5) is 13.2 Å². The third-order valence-electron chi connectivity index (χ3n) is 3.05. The van der Waals surface area contributed by atoms with Crippen LogP contribution in [0.3, 0.4) is 0 Å². The van der Waals surface area contributed by atoms with E-state index >= 15 is 0 Å². The molecule has 0 unspecified atom stereocenters. The van der Waals surface area contributed by atoms with Gasteiger partial charge in [-0.05, 0) is 17.5 Å². The van der Waals surface area contributed by atoms with E-state index in [9.17, 15) is 21.6 Å². The highest BCUT2D eigenvalue weighted by atomic mass is 32.2. The van der Waals surface area contributed by atoms with E-state index in [0.29, 0.717) is 5.56 Å². The standard InChI is InChI=1S/C11H11F3O2S/c1-17(15,16)10-8-5-3-2-4-7(8)6-9(10)11(12,13)14/h2-5,9-10H,6H2,1H3/t9-,10-/m1/s1. The summed E-state index contributed by atoms with van der Waals surface area (Å²) in [4.78, 5) is 0. The molecule has 0 radical (unpaired) electrons. The van der Waals surface area contributed by atoms with Crippen LogP contribution in [0.1, 0.15) is 16.4 Å². The Morgan fingerprint density at radius 2 is 1.82 bits per heavy atom. The van der Waals surface area contributed by atoms with E-state index in [1.807, 2.05) is 0 Å². The van der Waals surface area contributed by atoms with E-state index in [1.54, 1.807) is 18.2 Å². The molecule has 0 heterocycles. The lowest BCUT2D eigenvalue weighted by Gasteiger charge is -2.21. The third-order valence-corrected chi connectivity index (χ3v) is 4.55. The summed E-state index contributed by atoms with van der Waals surface area (Å²) < 4.78 is 61.6. The van der Waals surface area contributed by atoms with Crippen LogP contribution < -0.4 is 0 Å². The second kappa shape index (κ2) is 3.73. The van der Waals surface area contributed by atoms with Gasteiger partial charge in [0, 0.05) is 6.26 Å². The van der Waals surface area contributed by atoms with Crippen molar-refractivity contribution in [3.05, 3.63) is 35.4 Å². The van der Waals surface area contributed by atoms with Gasteiger partial charge in [-0.3, -0.25) is 0 Å². The summed E-state index contributed by atoms with van der Waals surface area (Å²) in [6, 6.07) is 6.21. The third kappa shape index (κ3) is 2.18. The minimum absolute atomic E-state index is 0.253. The lowest BCUT2D eigenvalue weighted by Crippen LogP contribution is -2.30. The average Bonchev–Trinajstić information content (AvgIpc) is 2.54. The smallest absolute Gasteiger partial charge is 0.228 e. The van der Waals surface area contributed by atoms with Crippen LogP contribution in [0, 0.1) is 5.92 Å². The van der Waals surface area contributed by atoms with Gasteiger partial charge in [-0.1, -0.05) is 24.3 Å². The molecule has 0 aromatic heterocycles. The number of fused-ring (bicyclic) bond motifs is 1. The van der Waals surface area contributed by atoms with Gasteiger partial charge in [-0.15, -0.1) is 0 Å². The molecule has 17 heavy (non-hydrogen) atoms. The summed E-state index contributed by atoms with van der Waals surface area (Å²) in [5, 5.41) is -1.46. The van der Waals surface area contributed by atoms with E-state index in [1.165, 1.54) is 6.07 Å². The first-order chi connectivity index (χ1) is 7.71. The van der Waals surface area contributed by atoms with E-state index in [0.717, 1.165) is 6.26 Å². The van der Waals surface area contributed by atoms with Crippen LogP contribution in [0.15, 0.2) is 24.3 Å². The average molecular weight is 264 g/mol. The maximum Gasteiger partial charge on any atom is 0.393 e. The fourth-order valence-corrected chi connectivity index (χ4v) is 3.91. The highest BCUT2D eigenvalue weighted by Gasteiger charge is 2.52. The molecule has 0 N–H and O–H groups in total. The van der Waals surface area contributed by atoms with Crippen molar-refractivity contribution >= 4 is 9.84 Å². The molecule has 0 spiro atoms. The second-order valence-corrected chi connectivity index (χ2v) is 6.47. The Labute approximate surface area is 97.4 Å². The minimum Gasteiger partial charge on any atom is -0.228 e. The number of halogens is 3. The van der Waals surface area contributed by atoms with Crippen molar-refractivity contribution in [2.24, 2.45) is 5.92 Å². The van der Waals surface area contributed by atoms with Gasteiger partial charge >= 0.3 is 6.18 Å². The summed E-state index contributed by atoms with van der Waals surface area (Å²) in [6.07, 6.45) is -3.89. The van der Waals surface area contributed by atoms with Gasteiger partial charge in [0.05, 0.1) is 11.2 Å². The van der Waals surface area contributed by atoms with E-state index in [4.69, 9.17) is 0 Å². The summed E-state index contributed by atoms with van der Waals surface area (Å²) in [7, 11) is -3.77. The van der Waals surface area contributed by atoms with Crippen molar-refractivity contribution in [3.8, 4) is 0 Å². The first kappa shape index (κ1) is 12.4. The number of rotatable bonds is 1. The fourth-order valence-electron chi connectivity index (χ4n) is 2.37. The Morgan fingerprint density at radius 1 is 1.24 bits per heavy atom. The van der Waals surface area contributed by atoms with Crippen LogP contribution in [0.25, 0.3) is 0 Å². The van der Waals surface area contributed by atoms with Gasteiger partial charge in [-0.2, -0.15) is 13.2 Å². The molecule has 0 amide bonds. The highest BCUT2D eigenvalue weighted by Crippen LogP contribution is 2.48. The quantitative estimate of drug-likeness (QED) is 0.781. The van der Waals surface area contributed by atoms with Crippen molar-refractivity contribution in [1.29, 1.82) is 0 Å². The lowest BCUT2D eigenvalue weighted by molar-refractivity contribution is -0.172. The highest BCUT2D eigenvalue weighted by molar-refractivity contribution is 7.91. The Morgan fingerprint density at radius 3 is 2.35 bits per heavy atom. The van der Waals surface area contributed by atoms with Gasteiger partial charge in [0.2, 0.25) is 0 Å². The monoisotopic (exact) mass is 264 g/mol. The van der Waals surface area contributed by atoms with E-state index in [-0.39, 0.29) is 12.0 Å². The number of alkyl halides is 3.